The van der Waals surface area contributed by atoms with Gasteiger partial charge in [-0.2, -0.15) is 0 Å². The Balaban J connectivity index is 2.24. The maximum absolute atomic E-state index is 12.4. The van der Waals surface area contributed by atoms with E-state index < -0.39 is 38.9 Å². The molecular weight excluding hydrogens is 318 g/mol. The molecule has 0 spiro atoms. The smallest absolute Gasteiger partial charge is 0.308 e. The molecule has 0 aromatic heterocycles. The lowest BCUT2D eigenvalue weighted by atomic mass is 9.94. The molecule has 7 heteroatoms. The van der Waals surface area contributed by atoms with Crippen LogP contribution >= 0.6 is 0 Å². The van der Waals surface area contributed by atoms with Crippen LogP contribution in [-0.4, -0.2) is 36.4 Å². The van der Waals surface area contributed by atoms with Crippen LogP contribution in [0.2, 0.25) is 0 Å². The minimum atomic E-state index is -3.46. The van der Waals surface area contributed by atoms with Crippen LogP contribution < -0.4 is 5.32 Å². The van der Waals surface area contributed by atoms with Crippen LogP contribution in [0.15, 0.2) is 30.3 Å². The molecule has 0 bridgehead atoms. The van der Waals surface area contributed by atoms with Gasteiger partial charge < -0.3 is 10.4 Å². The summed E-state index contributed by atoms with van der Waals surface area (Å²) in [5.41, 5.74) is 0.643. The van der Waals surface area contributed by atoms with Crippen molar-refractivity contribution in [2.75, 3.05) is 5.75 Å². The molecule has 1 aromatic rings. The van der Waals surface area contributed by atoms with Gasteiger partial charge in [0.2, 0.25) is 5.91 Å². The molecule has 1 aromatic carbocycles. The second-order valence-electron chi connectivity index (χ2n) is 5.88. The van der Waals surface area contributed by atoms with Crippen molar-refractivity contribution in [1.82, 2.24) is 5.32 Å². The average Bonchev–Trinajstić information content (AvgIpc) is 2.52. The van der Waals surface area contributed by atoms with Crippen molar-refractivity contribution < 1.29 is 23.1 Å². The number of benzene rings is 1. The van der Waals surface area contributed by atoms with Gasteiger partial charge in [-0.05, 0) is 25.3 Å². The number of hydrogen-bond acceptors (Lipinski definition) is 4. The van der Waals surface area contributed by atoms with E-state index in [9.17, 15) is 23.1 Å². The highest BCUT2D eigenvalue weighted by Gasteiger charge is 2.37. The number of carbonyl (C=O) groups excluding carboxylic acids is 1. The van der Waals surface area contributed by atoms with E-state index >= 15 is 0 Å². The summed E-state index contributed by atoms with van der Waals surface area (Å²) in [5, 5.41) is 10.8. The lowest BCUT2D eigenvalue weighted by molar-refractivity contribution is -0.142. The molecule has 1 aliphatic rings. The molecule has 0 aliphatic carbocycles. The molecule has 3 atom stereocenters. The summed E-state index contributed by atoms with van der Waals surface area (Å²) in [6, 6.07) is 7.97. The summed E-state index contributed by atoms with van der Waals surface area (Å²) in [7, 11) is -3.46. The Kier molecular flexibility index (Phi) is 5.41. The average molecular weight is 339 g/mol. The first-order chi connectivity index (χ1) is 10.8. The van der Waals surface area contributed by atoms with Crippen molar-refractivity contribution in [1.29, 1.82) is 0 Å². The Morgan fingerprint density at radius 3 is 2.43 bits per heavy atom. The van der Waals surface area contributed by atoms with E-state index in [0.717, 1.165) is 0 Å². The monoisotopic (exact) mass is 339 g/mol. The maximum Gasteiger partial charge on any atom is 0.308 e. The predicted molar refractivity (Wildman–Crippen MR) is 85.6 cm³/mol. The Bertz CT molecular complexity index is 671. The predicted octanol–water partition coefficient (Wildman–Crippen LogP) is 1.53. The maximum atomic E-state index is 12.4. The second-order valence-corrected chi connectivity index (χ2v) is 8.18. The topological polar surface area (TPSA) is 101 Å². The number of rotatable bonds is 5. The van der Waals surface area contributed by atoms with Crippen LogP contribution in [0, 0.1) is 5.92 Å². The van der Waals surface area contributed by atoms with Crippen LogP contribution in [0.4, 0.5) is 0 Å². The third-order valence-electron chi connectivity index (χ3n) is 4.22. The highest BCUT2D eigenvalue weighted by Crippen LogP contribution is 2.25. The van der Waals surface area contributed by atoms with E-state index in [1.54, 1.807) is 30.3 Å². The number of carbonyl (C=O) groups is 2. The van der Waals surface area contributed by atoms with Gasteiger partial charge in [0.15, 0.2) is 9.84 Å². The van der Waals surface area contributed by atoms with Gasteiger partial charge in [-0.1, -0.05) is 36.8 Å². The summed E-state index contributed by atoms with van der Waals surface area (Å²) in [6.45, 7) is 1.50. The summed E-state index contributed by atoms with van der Waals surface area (Å²) >= 11 is 0. The molecule has 1 fully saturated rings. The summed E-state index contributed by atoms with van der Waals surface area (Å²) in [6.07, 6.45) is 1.54. The number of carboxylic acids is 1. The molecule has 2 rings (SSSR count). The molecule has 1 amide bonds. The number of nitrogens with one attached hydrogen (secondary N) is 1. The van der Waals surface area contributed by atoms with Crippen molar-refractivity contribution >= 4 is 21.7 Å². The van der Waals surface area contributed by atoms with E-state index in [1.807, 2.05) is 0 Å². The highest BCUT2D eigenvalue weighted by molar-refractivity contribution is 7.92. The lowest BCUT2D eigenvalue weighted by Gasteiger charge is -2.27. The molecule has 0 radical (unpaired) electrons. The molecule has 23 heavy (non-hydrogen) atoms. The molecule has 6 nitrogen and oxygen atoms in total. The molecule has 0 saturated carbocycles. The summed E-state index contributed by atoms with van der Waals surface area (Å²) in [4.78, 5) is 23.8. The number of amides is 1. The van der Waals surface area contributed by atoms with E-state index in [-0.39, 0.29) is 12.2 Å². The number of hydrogen-bond donors (Lipinski definition) is 2. The zero-order valence-electron chi connectivity index (χ0n) is 12.9. The Hall–Kier alpha value is -1.89. The third kappa shape index (κ3) is 4.10. The zero-order chi connectivity index (χ0) is 17.0. The van der Waals surface area contributed by atoms with Crippen molar-refractivity contribution in [3.63, 3.8) is 0 Å². The lowest BCUT2D eigenvalue weighted by Crippen LogP contribution is -2.46. The molecular formula is C16H21NO5S. The summed E-state index contributed by atoms with van der Waals surface area (Å²) < 4.78 is 24.1. The number of sulfone groups is 1. The number of aliphatic carboxylic acids is 1. The highest BCUT2D eigenvalue weighted by atomic mass is 32.2. The van der Waals surface area contributed by atoms with E-state index in [1.165, 1.54) is 6.92 Å². The van der Waals surface area contributed by atoms with Gasteiger partial charge in [0, 0.05) is 0 Å². The molecule has 1 saturated heterocycles. The van der Waals surface area contributed by atoms with E-state index in [2.05, 4.69) is 5.32 Å². The van der Waals surface area contributed by atoms with Crippen molar-refractivity contribution in [3.05, 3.63) is 35.9 Å². The fourth-order valence-electron chi connectivity index (χ4n) is 2.80. The van der Waals surface area contributed by atoms with Crippen molar-refractivity contribution in [2.24, 2.45) is 5.92 Å². The Labute approximate surface area is 135 Å². The standard InChI is InChI=1S/C16H21NO5S/c1-11(16(19)20)14(12-7-3-2-4-8-12)17-15(18)13-9-5-6-10-23(13,21)22/h2-4,7-8,11,13-14H,5-6,9-10H2,1H3,(H,17,18)(H,19,20). The molecule has 3 unspecified atom stereocenters. The first-order valence-corrected chi connectivity index (χ1v) is 9.34. The quantitative estimate of drug-likeness (QED) is 0.847. The third-order valence-corrected chi connectivity index (χ3v) is 6.39. The van der Waals surface area contributed by atoms with Crippen molar-refractivity contribution in [2.45, 2.75) is 37.5 Å². The zero-order valence-corrected chi connectivity index (χ0v) is 13.8. The number of carboxylic acid groups (broad SMARTS) is 1. The molecule has 126 valence electrons. The van der Waals surface area contributed by atoms with Crippen LogP contribution in [0.5, 0.6) is 0 Å². The summed E-state index contributed by atoms with van der Waals surface area (Å²) in [5.74, 6) is -2.51. The first kappa shape index (κ1) is 17.5. The first-order valence-electron chi connectivity index (χ1n) is 7.62. The second kappa shape index (κ2) is 7.12. The van der Waals surface area contributed by atoms with Crippen LogP contribution in [0.1, 0.15) is 37.8 Å². The van der Waals surface area contributed by atoms with Gasteiger partial charge in [-0.3, -0.25) is 9.59 Å². The minimum absolute atomic E-state index is 0.00950. The minimum Gasteiger partial charge on any atom is -0.481 e. The van der Waals surface area contributed by atoms with E-state index in [0.29, 0.717) is 18.4 Å². The van der Waals surface area contributed by atoms with Gasteiger partial charge in [0.25, 0.3) is 0 Å². The Morgan fingerprint density at radius 2 is 1.87 bits per heavy atom. The van der Waals surface area contributed by atoms with Gasteiger partial charge in [0.1, 0.15) is 5.25 Å². The van der Waals surface area contributed by atoms with Gasteiger partial charge in [-0.25, -0.2) is 8.42 Å². The van der Waals surface area contributed by atoms with Gasteiger partial charge in [0.05, 0.1) is 17.7 Å². The van der Waals surface area contributed by atoms with Crippen LogP contribution in [0.25, 0.3) is 0 Å². The van der Waals surface area contributed by atoms with Gasteiger partial charge >= 0.3 is 5.97 Å². The van der Waals surface area contributed by atoms with Crippen LogP contribution in [0.3, 0.4) is 0 Å². The molecule has 1 heterocycles. The van der Waals surface area contributed by atoms with Crippen LogP contribution in [-0.2, 0) is 19.4 Å². The van der Waals surface area contributed by atoms with Gasteiger partial charge in [-0.15, -0.1) is 0 Å². The normalized spacial score (nSPS) is 22.7. The fraction of sp³-hybridized carbons (Fsp3) is 0.500. The SMILES string of the molecule is CC(C(=O)O)C(NC(=O)C1CCCCS1(=O)=O)c1ccccc1. The van der Waals surface area contributed by atoms with Crippen molar-refractivity contribution in [3.8, 4) is 0 Å². The van der Waals surface area contributed by atoms with E-state index in [4.69, 9.17) is 0 Å². The largest absolute Gasteiger partial charge is 0.481 e. The Morgan fingerprint density at radius 1 is 1.22 bits per heavy atom. The molecule has 1 aliphatic heterocycles. The molecule has 2 N–H and O–H groups in total. The fourth-order valence-corrected chi connectivity index (χ4v) is 4.61.